The van der Waals surface area contributed by atoms with E-state index in [4.69, 9.17) is 9.47 Å². The number of rotatable bonds is 5. The number of hydrogen-bond acceptors (Lipinski definition) is 4. The Bertz CT molecular complexity index is 468. The SMILES string of the molecule is C/C=C/C=C/C(=O)NC1=CC(=O)C=CC1(OC)OC. The molecular formula is C14H17NO4. The zero-order valence-corrected chi connectivity index (χ0v) is 11.2. The van der Waals surface area contributed by atoms with Gasteiger partial charge in [0.2, 0.25) is 11.7 Å². The van der Waals surface area contributed by atoms with Crippen LogP contribution in [0.25, 0.3) is 0 Å². The van der Waals surface area contributed by atoms with Gasteiger partial charge in [-0.25, -0.2) is 0 Å². The number of amides is 1. The number of ketones is 1. The van der Waals surface area contributed by atoms with Crippen molar-refractivity contribution in [1.29, 1.82) is 0 Å². The average Bonchev–Trinajstić information content (AvgIpc) is 2.40. The molecule has 102 valence electrons. The van der Waals surface area contributed by atoms with Crippen molar-refractivity contribution in [3.8, 4) is 0 Å². The Labute approximate surface area is 112 Å². The van der Waals surface area contributed by atoms with Crippen LogP contribution in [0, 0.1) is 0 Å². The number of hydrogen-bond donors (Lipinski definition) is 1. The van der Waals surface area contributed by atoms with Gasteiger partial charge in [-0.05, 0) is 19.1 Å². The van der Waals surface area contributed by atoms with Crippen LogP contribution in [-0.2, 0) is 19.1 Å². The molecule has 1 aliphatic carbocycles. The van der Waals surface area contributed by atoms with E-state index in [9.17, 15) is 9.59 Å². The fraction of sp³-hybridized carbons (Fsp3) is 0.286. The number of allylic oxidation sites excluding steroid dienone is 5. The van der Waals surface area contributed by atoms with Crippen LogP contribution in [0.15, 0.2) is 48.2 Å². The van der Waals surface area contributed by atoms with Gasteiger partial charge in [0.25, 0.3) is 0 Å². The molecule has 1 amide bonds. The number of carbonyl (C=O) groups excluding carboxylic acids is 2. The lowest BCUT2D eigenvalue weighted by Gasteiger charge is -2.31. The largest absolute Gasteiger partial charge is 0.345 e. The molecule has 0 aliphatic heterocycles. The minimum Gasteiger partial charge on any atom is -0.345 e. The third-order valence-electron chi connectivity index (χ3n) is 2.54. The number of nitrogens with one attached hydrogen (secondary N) is 1. The molecule has 0 aromatic heterocycles. The van der Waals surface area contributed by atoms with Crippen LogP contribution in [-0.4, -0.2) is 31.7 Å². The molecule has 1 rings (SSSR count). The fourth-order valence-electron chi connectivity index (χ4n) is 1.56. The standard InChI is InChI=1S/C14H17NO4/c1-4-5-6-7-13(17)15-12-10-11(16)8-9-14(12,18-2)19-3/h4-10H,1-3H3,(H,15,17)/b5-4+,7-6+. The molecule has 0 radical (unpaired) electrons. The van der Waals surface area contributed by atoms with E-state index in [1.807, 2.05) is 6.92 Å². The molecule has 0 fully saturated rings. The highest BCUT2D eigenvalue weighted by atomic mass is 16.7. The van der Waals surface area contributed by atoms with Crippen LogP contribution < -0.4 is 5.32 Å². The molecule has 0 unspecified atom stereocenters. The van der Waals surface area contributed by atoms with Crippen molar-refractivity contribution < 1.29 is 19.1 Å². The first-order valence-corrected chi connectivity index (χ1v) is 5.74. The average molecular weight is 263 g/mol. The second-order valence-corrected chi connectivity index (χ2v) is 3.74. The first-order valence-electron chi connectivity index (χ1n) is 5.74. The molecule has 1 aliphatic rings. The lowest BCUT2D eigenvalue weighted by molar-refractivity contribution is -0.150. The molecule has 0 bridgehead atoms. The predicted octanol–water partition coefficient (Wildman–Crippen LogP) is 1.25. The van der Waals surface area contributed by atoms with Gasteiger partial charge in [-0.1, -0.05) is 18.2 Å². The van der Waals surface area contributed by atoms with Gasteiger partial charge in [-0.2, -0.15) is 0 Å². The Kier molecular flexibility index (Phi) is 5.41. The first kappa shape index (κ1) is 15.1. The maximum absolute atomic E-state index is 11.7. The van der Waals surface area contributed by atoms with Crippen molar-refractivity contribution in [3.05, 3.63) is 48.2 Å². The number of methoxy groups -OCH3 is 2. The summed E-state index contributed by atoms with van der Waals surface area (Å²) in [5, 5.41) is 2.58. The second kappa shape index (κ2) is 6.82. The Morgan fingerprint density at radius 2 is 2.00 bits per heavy atom. The highest BCUT2D eigenvalue weighted by molar-refractivity contribution is 6.02. The second-order valence-electron chi connectivity index (χ2n) is 3.74. The van der Waals surface area contributed by atoms with Gasteiger partial charge in [0.05, 0.1) is 5.70 Å². The Morgan fingerprint density at radius 1 is 1.32 bits per heavy atom. The molecule has 1 N–H and O–H groups in total. The normalized spacial score (nSPS) is 18.1. The van der Waals surface area contributed by atoms with Crippen molar-refractivity contribution in [2.75, 3.05) is 14.2 Å². The van der Waals surface area contributed by atoms with Crippen molar-refractivity contribution in [3.63, 3.8) is 0 Å². The van der Waals surface area contributed by atoms with E-state index < -0.39 is 5.79 Å². The molecule has 0 saturated carbocycles. The lowest BCUT2D eigenvalue weighted by Crippen LogP contribution is -2.43. The molecule has 0 aromatic rings. The van der Waals surface area contributed by atoms with Crippen molar-refractivity contribution in [1.82, 2.24) is 5.32 Å². The molecule has 5 heteroatoms. The monoisotopic (exact) mass is 263 g/mol. The summed E-state index contributed by atoms with van der Waals surface area (Å²) in [6.07, 6.45) is 10.5. The summed E-state index contributed by atoms with van der Waals surface area (Å²) in [4.78, 5) is 23.1. The van der Waals surface area contributed by atoms with Crippen LogP contribution in [0.2, 0.25) is 0 Å². The van der Waals surface area contributed by atoms with Gasteiger partial charge in [-0.3, -0.25) is 9.59 Å². The van der Waals surface area contributed by atoms with Gasteiger partial charge >= 0.3 is 0 Å². The summed E-state index contributed by atoms with van der Waals surface area (Å²) < 4.78 is 10.5. The van der Waals surface area contributed by atoms with E-state index in [2.05, 4.69) is 5.32 Å². The molecule has 0 spiro atoms. The molecule has 19 heavy (non-hydrogen) atoms. The molecule has 0 aromatic carbocycles. The minimum absolute atomic E-state index is 0.238. The van der Waals surface area contributed by atoms with Gasteiger partial charge in [0.15, 0.2) is 5.78 Å². The maximum atomic E-state index is 11.7. The minimum atomic E-state index is -1.24. The summed E-state index contributed by atoms with van der Waals surface area (Å²) in [5.41, 5.74) is 0.250. The smallest absolute Gasteiger partial charge is 0.248 e. The third kappa shape index (κ3) is 3.74. The van der Waals surface area contributed by atoms with E-state index >= 15 is 0 Å². The molecule has 0 heterocycles. The zero-order valence-electron chi connectivity index (χ0n) is 11.2. The number of carbonyl (C=O) groups is 2. The maximum Gasteiger partial charge on any atom is 0.248 e. The van der Waals surface area contributed by atoms with Gasteiger partial charge in [-0.15, -0.1) is 0 Å². The van der Waals surface area contributed by atoms with Gasteiger partial charge < -0.3 is 14.8 Å². The quantitative estimate of drug-likeness (QED) is 0.460. The molecule has 5 nitrogen and oxygen atoms in total. The van der Waals surface area contributed by atoms with Gasteiger partial charge in [0, 0.05) is 26.4 Å². The van der Waals surface area contributed by atoms with Crippen LogP contribution in [0.3, 0.4) is 0 Å². The summed E-state index contributed by atoms with van der Waals surface area (Å²) in [6, 6.07) is 0. The van der Waals surface area contributed by atoms with Crippen molar-refractivity contribution in [2.45, 2.75) is 12.7 Å². The van der Waals surface area contributed by atoms with Crippen LogP contribution in [0.1, 0.15) is 6.92 Å². The molecule has 0 saturated heterocycles. The number of ether oxygens (including phenoxy) is 2. The van der Waals surface area contributed by atoms with Crippen LogP contribution in [0.4, 0.5) is 0 Å². The highest BCUT2D eigenvalue weighted by Gasteiger charge is 2.35. The Hall–Kier alpha value is -1.98. The molecule has 0 atom stereocenters. The summed E-state index contributed by atoms with van der Waals surface area (Å²) in [5.74, 6) is -1.85. The van der Waals surface area contributed by atoms with Crippen LogP contribution >= 0.6 is 0 Å². The lowest BCUT2D eigenvalue weighted by atomic mass is 10.0. The van der Waals surface area contributed by atoms with E-state index in [0.29, 0.717) is 0 Å². The first-order chi connectivity index (χ1) is 9.07. The molecular weight excluding hydrogens is 246 g/mol. The van der Waals surface area contributed by atoms with Crippen LogP contribution in [0.5, 0.6) is 0 Å². The third-order valence-corrected chi connectivity index (χ3v) is 2.54. The topological polar surface area (TPSA) is 64.6 Å². The zero-order chi connectivity index (χ0) is 14.3. The van der Waals surface area contributed by atoms with E-state index in [-0.39, 0.29) is 17.4 Å². The summed E-state index contributed by atoms with van der Waals surface area (Å²) >= 11 is 0. The van der Waals surface area contributed by atoms with Crippen molar-refractivity contribution >= 4 is 11.7 Å². The fourth-order valence-corrected chi connectivity index (χ4v) is 1.56. The summed E-state index contributed by atoms with van der Waals surface area (Å²) in [6.45, 7) is 1.84. The Balaban J connectivity index is 2.89. The summed E-state index contributed by atoms with van der Waals surface area (Å²) in [7, 11) is 2.86. The van der Waals surface area contributed by atoms with E-state index in [1.165, 1.54) is 38.5 Å². The highest BCUT2D eigenvalue weighted by Crippen LogP contribution is 2.25. The van der Waals surface area contributed by atoms with Gasteiger partial charge in [0.1, 0.15) is 0 Å². The Morgan fingerprint density at radius 3 is 2.58 bits per heavy atom. The van der Waals surface area contributed by atoms with E-state index in [1.54, 1.807) is 18.2 Å². The van der Waals surface area contributed by atoms with E-state index in [0.717, 1.165) is 0 Å². The predicted molar refractivity (Wildman–Crippen MR) is 71.1 cm³/mol. The van der Waals surface area contributed by atoms with Crippen molar-refractivity contribution in [2.24, 2.45) is 0 Å².